The molecule has 1 fully saturated rings. The third-order valence-corrected chi connectivity index (χ3v) is 7.10. The second-order valence-electron chi connectivity index (χ2n) is 6.48. The predicted molar refractivity (Wildman–Crippen MR) is 98.3 cm³/mol. The summed E-state index contributed by atoms with van der Waals surface area (Å²) in [6, 6.07) is 3.17. The van der Waals surface area contributed by atoms with Crippen LogP contribution in [0.1, 0.15) is 50.2 Å². The quantitative estimate of drug-likeness (QED) is 0.695. The van der Waals surface area contributed by atoms with Crippen LogP contribution in [0, 0.1) is 13.8 Å². The van der Waals surface area contributed by atoms with E-state index < -0.39 is 10.0 Å². The summed E-state index contributed by atoms with van der Waals surface area (Å²) in [4.78, 5) is 11.9. The Morgan fingerprint density at radius 3 is 2.68 bits per heavy atom. The van der Waals surface area contributed by atoms with Crippen LogP contribution < -0.4 is 0 Å². The molecule has 0 aliphatic carbocycles. The maximum absolute atomic E-state index is 13.2. The lowest BCUT2D eigenvalue weighted by molar-refractivity contribution is -0.143. The van der Waals surface area contributed by atoms with Gasteiger partial charge in [0.1, 0.15) is 0 Å². The number of rotatable bonds is 6. The number of aryl methyl sites for hydroxylation is 2. The Kier molecular flexibility index (Phi) is 6.88. The van der Waals surface area contributed by atoms with E-state index in [1.165, 1.54) is 0 Å². The van der Waals surface area contributed by atoms with Crippen LogP contribution in [0.3, 0.4) is 0 Å². The highest BCUT2D eigenvalue weighted by Gasteiger charge is 2.34. The number of benzene rings is 1. The SMILES string of the molecule is CCOC(=O)CCC1CCCCN1S(=O)(=O)c1cc(C)c(Cl)cc1C. The smallest absolute Gasteiger partial charge is 0.305 e. The Morgan fingerprint density at radius 2 is 2.00 bits per heavy atom. The zero-order chi connectivity index (χ0) is 18.6. The molecule has 0 radical (unpaired) electrons. The average molecular weight is 388 g/mol. The van der Waals surface area contributed by atoms with Gasteiger partial charge in [0.05, 0.1) is 11.5 Å². The number of nitrogens with zero attached hydrogens (tertiary/aromatic N) is 1. The standard InChI is InChI=1S/C18H26ClNO4S/c1-4-24-18(21)9-8-15-7-5-6-10-20(15)25(22,23)17-12-13(2)16(19)11-14(17)3/h11-12,15H,4-10H2,1-3H3. The van der Waals surface area contributed by atoms with Gasteiger partial charge in [-0.15, -0.1) is 0 Å². The number of sulfonamides is 1. The molecule has 140 valence electrons. The summed E-state index contributed by atoms with van der Waals surface area (Å²) in [5, 5.41) is 0.564. The molecular weight excluding hydrogens is 362 g/mol. The van der Waals surface area contributed by atoms with Crippen molar-refractivity contribution < 1.29 is 17.9 Å². The summed E-state index contributed by atoms with van der Waals surface area (Å²) in [5.74, 6) is -0.274. The van der Waals surface area contributed by atoms with Crippen LogP contribution in [0.2, 0.25) is 5.02 Å². The van der Waals surface area contributed by atoms with E-state index in [0.29, 0.717) is 35.1 Å². The minimum Gasteiger partial charge on any atom is -0.466 e. The first-order valence-corrected chi connectivity index (χ1v) is 10.5. The molecule has 7 heteroatoms. The molecule has 0 saturated carbocycles. The monoisotopic (exact) mass is 387 g/mol. The lowest BCUT2D eigenvalue weighted by atomic mass is 10.0. The second kappa shape index (κ2) is 8.52. The minimum atomic E-state index is -3.62. The van der Waals surface area contributed by atoms with E-state index in [2.05, 4.69) is 0 Å². The zero-order valence-corrected chi connectivity index (χ0v) is 16.6. The number of carbonyl (C=O) groups is 1. The van der Waals surface area contributed by atoms with Gasteiger partial charge in [0.2, 0.25) is 10.0 Å². The normalized spacial score (nSPS) is 19.0. The second-order valence-corrected chi connectivity index (χ2v) is 8.74. The van der Waals surface area contributed by atoms with Crippen LogP contribution in [0.25, 0.3) is 0 Å². The minimum absolute atomic E-state index is 0.168. The van der Waals surface area contributed by atoms with Crippen molar-refractivity contribution in [1.29, 1.82) is 0 Å². The van der Waals surface area contributed by atoms with Crippen molar-refractivity contribution in [2.45, 2.75) is 63.8 Å². The average Bonchev–Trinajstić information content (AvgIpc) is 2.56. The Balaban J connectivity index is 2.26. The highest BCUT2D eigenvalue weighted by Crippen LogP contribution is 2.31. The largest absolute Gasteiger partial charge is 0.466 e. The maximum atomic E-state index is 13.2. The summed E-state index contributed by atoms with van der Waals surface area (Å²) < 4.78 is 33.0. The summed E-state index contributed by atoms with van der Waals surface area (Å²) >= 11 is 6.10. The summed E-state index contributed by atoms with van der Waals surface area (Å²) in [7, 11) is -3.62. The van der Waals surface area contributed by atoms with E-state index in [1.807, 2.05) is 0 Å². The third kappa shape index (κ3) is 4.74. The molecule has 1 aliphatic rings. The highest BCUT2D eigenvalue weighted by atomic mass is 35.5. The van der Waals surface area contributed by atoms with E-state index in [0.717, 1.165) is 24.8 Å². The Bertz CT molecular complexity index is 733. The number of halogens is 1. The van der Waals surface area contributed by atoms with Crippen LogP contribution in [0.4, 0.5) is 0 Å². The molecule has 0 amide bonds. The molecular formula is C18H26ClNO4S. The van der Waals surface area contributed by atoms with E-state index >= 15 is 0 Å². The van der Waals surface area contributed by atoms with Crippen molar-refractivity contribution in [3.63, 3.8) is 0 Å². The van der Waals surface area contributed by atoms with E-state index in [1.54, 1.807) is 37.2 Å². The summed E-state index contributed by atoms with van der Waals surface area (Å²) in [6.45, 7) is 6.15. The predicted octanol–water partition coefficient (Wildman–Crippen LogP) is 3.84. The molecule has 1 aliphatic heterocycles. The molecule has 1 atom stereocenters. The van der Waals surface area contributed by atoms with Gasteiger partial charge in [0, 0.05) is 24.0 Å². The topological polar surface area (TPSA) is 63.7 Å². The number of hydrogen-bond donors (Lipinski definition) is 0. The first-order chi connectivity index (χ1) is 11.8. The number of piperidine rings is 1. The molecule has 0 spiro atoms. The maximum Gasteiger partial charge on any atom is 0.305 e. The van der Waals surface area contributed by atoms with Crippen molar-refractivity contribution in [2.75, 3.05) is 13.2 Å². The summed E-state index contributed by atoms with van der Waals surface area (Å²) in [6.07, 6.45) is 3.30. The van der Waals surface area contributed by atoms with Gasteiger partial charge in [0.25, 0.3) is 0 Å². The molecule has 1 saturated heterocycles. The molecule has 0 aromatic heterocycles. The van der Waals surface area contributed by atoms with Crippen molar-refractivity contribution in [1.82, 2.24) is 4.31 Å². The Hall–Kier alpha value is -1.11. The molecule has 5 nitrogen and oxygen atoms in total. The molecule has 0 bridgehead atoms. The Labute approximate surface area is 155 Å². The van der Waals surface area contributed by atoms with Gasteiger partial charge in [-0.05, 0) is 63.3 Å². The molecule has 1 aromatic carbocycles. The Morgan fingerprint density at radius 1 is 1.28 bits per heavy atom. The van der Waals surface area contributed by atoms with E-state index in [9.17, 15) is 13.2 Å². The fraction of sp³-hybridized carbons (Fsp3) is 0.611. The van der Waals surface area contributed by atoms with Gasteiger partial charge < -0.3 is 4.74 Å². The molecule has 25 heavy (non-hydrogen) atoms. The fourth-order valence-electron chi connectivity index (χ4n) is 3.26. The lowest BCUT2D eigenvalue weighted by Gasteiger charge is -2.35. The summed E-state index contributed by atoms with van der Waals surface area (Å²) in [5.41, 5.74) is 1.39. The van der Waals surface area contributed by atoms with Gasteiger partial charge in [0.15, 0.2) is 0 Å². The van der Waals surface area contributed by atoms with Crippen LogP contribution in [0.5, 0.6) is 0 Å². The van der Waals surface area contributed by atoms with Crippen molar-refractivity contribution >= 4 is 27.6 Å². The number of hydrogen-bond acceptors (Lipinski definition) is 4. The molecule has 2 rings (SSSR count). The number of esters is 1. The van der Waals surface area contributed by atoms with Gasteiger partial charge in [-0.3, -0.25) is 4.79 Å². The number of carbonyl (C=O) groups excluding carboxylic acids is 1. The lowest BCUT2D eigenvalue weighted by Crippen LogP contribution is -2.44. The van der Waals surface area contributed by atoms with Gasteiger partial charge in [-0.2, -0.15) is 4.31 Å². The van der Waals surface area contributed by atoms with Crippen molar-refractivity contribution in [3.05, 3.63) is 28.3 Å². The van der Waals surface area contributed by atoms with Crippen LogP contribution >= 0.6 is 11.6 Å². The molecule has 1 unspecified atom stereocenters. The third-order valence-electron chi connectivity index (χ3n) is 4.60. The van der Waals surface area contributed by atoms with Gasteiger partial charge in [-0.25, -0.2) is 8.42 Å². The molecule has 1 aromatic rings. The highest BCUT2D eigenvalue weighted by molar-refractivity contribution is 7.89. The first kappa shape index (κ1) is 20.2. The van der Waals surface area contributed by atoms with Crippen LogP contribution in [-0.2, 0) is 19.6 Å². The number of ether oxygens (including phenoxy) is 1. The zero-order valence-electron chi connectivity index (χ0n) is 15.0. The first-order valence-electron chi connectivity index (χ1n) is 8.71. The van der Waals surface area contributed by atoms with Crippen molar-refractivity contribution in [3.8, 4) is 0 Å². The van der Waals surface area contributed by atoms with E-state index in [-0.39, 0.29) is 18.4 Å². The molecule has 0 N–H and O–H groups in total. The van der Waals surface area contributed by atoms with Gasteiger partial charge in [-0.1, -0.05) is 18.0 Å². The van der Waals surface area contributed by atoms with Crippen molar-refractivity contribution in [2.24, 2.45) is 0 Å². The van der Waals surface area contributed by atoms with Crippen LogP contribution in [-0.4, -0.2) is 37.9 Å². The van der Waals surface area contributed by atoms with E-state index in [4.69, 9.17) is 16.3 Å². The van der Waals surface area contributed by atoms with Gasteiger partial charge >= 0.3 is 5.97 Å². The molecule has 1 heterocycles. The fourth-order valence-corrected chi connectivity index (χ4v) is 5.49. The van der Waals surface area contributed by atoms with Crippen LogP contribution in [0.15, 0.2) is 17.0 Å².